The second-order valence-corrected chi connectivity index (χ2v) is 7.30. The molecule has 4 rings (SSSR count). The van der Waals surface area contributed by atoms with Crippen molar-refractivity contribution >= 4 is 11.8 Å². The van der Waals surface area contributed by atoms with Crippen LogP contribution in [0, 0.1) is 6.92 Å². The zero-order valence-corrected chi connectivity index (χ0v) is 16.8. The van der Waals surface area contributed by atoms with Crippen LogP contribution in [0.25, 0.3) is 0 Å². The van der Waals surface area contributed by atoms with Gasteiger partial charge in [-0.1, -0.05) is 42.5 Å². The number of aryl methyl sites for hydroxylation is 1. The Morgan fingerprint density at radius 2 is 1.83 bits per heavy atom. The molecule has 154 valence electrons. The summed E-state index contributed by atoms with van der Waals surface area (Å²) in [6.45, 7) is 3.05. The summed E-state index contributed by atoms with van der Waals surface area (Å²) < 4.78 is 11.0. The van der Waals surface area contributed by atoms with Crippen LogP contribution in [0.1, 0.15) is 27.2 Å². The molecule has 0 saturated carbocycles. The number of hydrogen-bond acceptors (Lipinski definition) is 4. The van der Waals surface area contributed by atoms with Gasteiger partial charge in [-0.3, -0.25) is 9.59 Å². The fourth-order valence-corrected chi connectivity index (χ4v) is 3.68. The van der Waals surface area contributed by atoms with Crippen LogP contribution in [-0.4, -0.2) is 35.9 Å². The summed E-state index contributed by atoms with van der Waals surface area (Å²) in [5.41, 5.74) is 3.17. The molecule has 1 aliphatic heterocycles. The molecule has 1 N–H and O–H groups in total. The van der Waals surface area contributed by atoms with Crippen molar-refractivity contribution in [2.24, 2.45) is 0 Å². The van der Waals surface area contributed by atoms with E-state index in [-0.39, 0.29) is 17.6 Å². The molecule has 6 heteroatoms. The van der Waals surface area contributed by atoms with Crippen molar-refractivity contribution in [3.63, 3.8) is 0 Å². The highest BCUT2D eigenvalue weighted by atomic mass is 16.5. The number of furan rings is 1. The maximum absolute atomic E-state index is 13.0. The van der Waals surface area contributed by atoms with Crippen LogP contribution in [0.3, 0.4) is 0 Å². The van der Waals surface area contributed by atoms with Crippen LogP contribution in [0.4, 0.5) is 0 Å². The molecule has 0 radical (unpaired) electrons. The monoisotopic (exact) mass is 404 g/mol. The van der Waals surface area contributed by atoms with Crippen LogP contribution in [0.5, 0.6) is 5.75 Å². The zero-order chi connectivity index (χ0) is 20.9. The maximum atomic E-state index is 13.0. The van der Waals surface area contributed by atoms with Crippen molar-refractivity contribution in [3.8, 4) is 5.75 Å². The number of amides is 2. The number of nitrogens with zero attached hydrogens (tertiary/aromatic N) is 1. The number of para-hydroxylation sites is 1. The summed E-state index contributed by atoms with van der Waals surface area (Å²) in [5.74, 6) is 0.548. The minimum absolute atomic E-state index is 0.196. The van der Waals surface area contributed by atoms with Gasteiger partial charge in [0.05, 0.1) is 12.8 Å². The van der Waals surface area contributed by atoms with Gasteiger partial charge in [-0.15, -0.1) is 0 Å². The molecule has 0 fully saturated rings. The van der Waals surface area contributed by atoms with Crippen LogP contribution < -0.4 is 10.1 Å². The molecule has 1 aliphatic rings. The maximum Gasteiger partial charge on any atom is 0.290 e. The molecule has 1 aromatic heterocycles. The second kappa shape index (κ2) is 8.86. The van der Waals surface area contributed by atoms with Gasteiger partial charge in [0.25, 0.3) is 5.91 Å². The lowest BCUT2D eigenvalue weighted by molar-refractivity contribution is -0.126. The van der Waals surface area contributed by atoms with Gasteiger partial charge in [0.1, 0.15) is 18.4 Å². The van der Waals surface area contributed by atoms with E-state index in [0.717, 1.165) is 22.4 Å². The van der Waals surface area contributed by atoms with E-state index in [1.165, 1.54) is 6.26 Å². The number of carbonyl (C=O) groups excluding carboxylic acids is 2. The van der Waals surface area contributed by atoms with E-state index in [9.17, 15) is 9.59 Å². The molecule has 2 aromatic carbocycles. The minimum Gasteiger partial charge on any atom is -0.491 e. The van der Waals surface area contributed by atoms with Crippen LogP contribution in [0.2, 0.25) is 0 Å². The molecule has 0 spiro atoms. The van der Waals surface area contributed by atoms with E-state index in [0.29, 0.717) is 26.1 Å². The van der Waals surface area contributed by atoms with Gasteiger partial charge in [-0.25, -0.2) is 0 Å². The summed E-state index contributed by atoms with van der Waals surface area (Å²) in [5, 5.41) is 2.91. The average molecular weight is 404 g/mol. The smallest absolute Gasteiger partial charge is 0.290 e. The Labute approximate surface area is 175 Å². The predicted molar refractivity (Wildman–Crippen MR) is 112 cm³/mol. The number of ether oxygens (including phenoxy) is 1. The number of carbonyl (C=O) groups is 2. The van der Waals surface area contributed by atoms with Gasteiger partial charge in [0.2, 0.25) is 5.91 Å². The first-order valence-corrected chi connectivity index (χ1v) is 10.0. The summed E-state index contributed by atoms with van der Waals surface area (Å²) in [6.07, 6.45) is 1.93. The van der Waals surface area contributed by atoms with Crippen molar-refractivity contribution in [1.29, 1.82) is 0 Å². The van der Waals surface area contributed by atoms with Gasteiger partial charge >= 0.3 is 0 Å². The Hall–Kier alpha value is -3.54. The molecule has 2 heterocycles. The summed E-state index contributed by atoms with van der Waals surface area (Å²) >= 11 is 0. The van der Waals surface area contributed by atoms with Crippen molar-refractivity contribution in [3.05, 3.63) is 89.4 Å². The lowest BCUT2D eigenvalue weighted by Crippen LogP contribution is -2.53. The predicted octanol–water partition coefficient (Wildman–Crippen LogP) is 3.35. The summed E-state index contributed by atoms with van der Waals surface area (Å²) in [7, 11) is 0. The Morgan fingerprint density at radius 1 is 1.07 bits per heavy atom. The van der Waals surface area contributed by atoms with Crippen molar-refractivity contribution in [2.75, 3.05) is 13.2 Å². The van der Waals surface area contributed by atoms with Crippen LogP contribution >= 0.6 is 0 Å². The summed E-state index contributed by atoms with van der Waals surface area (Å²) in [6, 6.07) is 18.3. The van der Waals surface area contributed by atoms with Gasteiger partial charge in [-0.05, 0) is 41.8 Å². The number of nitrogens with one attached hydrogen (secondary N) is 1. The van der Waals surface area contributed by atoms with E-state index in [2.05, 4.69) is 5.32 Å². The molecule has 6 nitrogen and oxygen atoms in total. The van der Waals surface area contributed by atoms with E-state index in [1.54, 1.807) is 17.0 Å². The van der Waals surface area contributed by atoms with Gasteiger partial charge < -0.3 is 19.4 Å². The Kier molecular flexibility index (Phi) is 5.84. The van der Waals surface area contributed by atoms with Crippen molar-refractivity contribution < 1.29 is 18.7 Å². The molecular formula is C24H24N2O4. The van der Waals surface area contributed by atoms with Crippen molar-refractivity contribution in [2.45, 2.75) is 25.9 Å². The van der Waals surface area contributed by atoms with E-state index in [1.807, 2.05) is 55.5 Å². The highest BCUT2D eigenvalue weighted by Gasteiger charge is 2.35. The third-order valence-electron chi connectivity index (χ3n) is 5.30. The molecule has 0 saturated heterocycles. The average Bonchev–Trinajstić information content (AvgIpc) is 3.31. The molecular weight excluding hydrogens is 380 g/mol. The van der Waals surface area contributed by atoms with Crippen LogP contribution in [-0.2, 0) is 17.8 Å². The third kappa shape index (κ3) is 4.22. The first-order valence-electron chi connectivity index (χ1n) is 10.0. The van der Waals surface area contributed by atoms with Crippen molar-refractivity contribution in [1.82, 2.24) is 10.2 Å². The number of hydrogen-bond donors (Lipinski definition) is 1. The van der Waals surface area contributed by atoms with Gasteiger partial charge in [-0.2, -0.15) is 0 Å². The first-order chi connectivity index (χ1) is 14.6. The SMILES string of the molecule is Cc1ccccc1OCCNC(=O)C1Cc2ccccc2CN1C(=O)c1ccco1. The lowest BCUT2D eigenvalue weighted by Gasteiger charge is -2.35. The second-order valence-electron chi connectivity index (χ2n) is 7.30. The Morgan fingerprint density at radius 3 is 2.60 bits per heavy atom. The molecule has 3 aromatic rings. The number of fused-ring (bicyclic) bond motifs is 1. The molecule has 1 unspecified atom stereocenters. The quantitative estimate of drug-likeness (QED) is 0.640. The fraction of sp³-hybridized carbons (Fsp3) is 0.250. The Balaban J connectivity index is 1.43. The third-order valence-corrected chi connectivity index (χ3v) is 5.30. The molecule has 0 bridgehead atoms. The largest absolute Gasteiger partial charge is 0.491 e. The standard InChI is InChI=1S/C24H24N2O4/c1-17-7-2-5-10-21(17)30-14-12-25-23(27)20-15-18-8-3-4-9-19(18)16-26(20)24(28)22-11-6-13-29-22/h2-11,13,20H,12,14-16H2,1H3,(H,25,27). The highest BCUT2D eigenvalue weighted by Crippen LogP contribution is 2.25. The van der Waals surface area contributed by atoms with Gasteiger partial charge in [0.15, 0.2) is 5.76 Å². The normalized spacial score (nSPS) is 15.4. The molecule has 30 heavy (non-hydrogen) atoms. The van der Waals surface area contributed by atoms with E-state index >= 15 is 0 Å². The van der Waals surface area contributed by atoms with Gasteiger partial charge in [0, 0.05) is 13.0 Å². The fourth-order valence-electron chi connectivity index (χ4n) is 3.68. The number of benzene rings is 2. The van der Waals surface area contributed by atoms with E-state index < -0.39 is 6.04 Å². The summed E-state index contributed by atoms with van der Waals surface area (Å²) in [4.78, 5) is 27.5. The van der Waals surface area contributed by atoms with Crippen LogP contribution in [0.15, 0.2) is 71.3 Å². The lowest BCUT2D eigenvalue weighted by atomic mass is 9.93. The first kappa shape index (κ1) is 19.8. The molecule has 0 aliphatic carbocycles. The zero-order valence-electron chi connectivity index (χ0n) is 16.8. The number of rotatable bonds is 6. The topological polar surface area (TPSA) is 71.8 Å². The minimum atomic E-state index is -0.601. The van der Waals surface area contributed by atoms with E-state index in [4.69, 9.17) is 9.15 Å². The highest BCUT2D eigenvalue weighted by molar-refractivity contribution is 5.96. The molecule has 1 atom stereocenters. The Bertz CT molecular complexity index is 1030. The molecule has 2 amide bonds.